The Morgan fingerprint density at radius 3 is 2.88 bits per heavy atom. The number of ether oxygens (including phenoxy) is 1. The molecule has 2 saturated heterocycles. The molecule has 6 heteroatoms. The summed E-state index contributed by atoms with van der Waals surface area (Å²) in [5, 5.41) is 4.09. The molecule has 3 atom stereocenters. The van der Waals surface area contributed by atoms with Crippen molar-refractivity contribution in [2.75, 3.05) is 46.1 Å². The van der Waals surface area contributed by atoms with Gasteiger partial charge in [0, 0.05) is 45.0 Å². The van der Waals surface area contributed by atoms with Gasteiger partial charge < -0.3 is 15.0 Å². The Balaban J connectivity index is 1.62. The largest absolute Gasteiger partial charge is 0.373 e. The first-order chi connectivity index (χ1) is 12.2. The van der Waals surface area contributed by atoms with Crippen LogP contribution in [0, 0.1) is 0 Å². The minimum absolute atomic E-state index is 0.272. The molecule has 5 nitrogen and oxygen atoms in total. The number of rotatable bonds is 5. The summed E-state index contributed by atoms with van der Waals surface area (Å²) >= 11 is 1.87. The Hall–Kier alpha value is -1.24. The molecule has 0 aliphatic carbocycles. The molecule has 0 amide bonds. The van der Waals surface area contributed by atoms with Crippen LogP contribution in [0.4, 0.5) is 0 Å². The molecule has 3 unspecified atom stereocenters. The van der Waals surface area contributed by atoms with Crippen molar-refractivity contribution in [2.45, 2.75) is 30.9 Å². The van der Waals surface area contributed by atoms with Crippen LogP contribution in [0.2, 0.25) is 0 Å². The minimum atomic E-state index is 0.272. The number of aliphatic imine (C=N–C) groups is 1. The van der Waals surface area contributed by atoms with Gasteiger partial charge in [-0.1, -0.05) is 37.3 Å². The third-order valence-corrected chi connectivity index (χ3v) is 6.08. The number of guanidine groups is 1. The molecule has 0 aromatic heterocycles. The molecule has 2 fully saturated rings. The van der Waals surface area contributed by atoms with Crippen molar-refractivity contribution in [1.29, 1.82) is 0 Å². The van der Waals surface area contributed by atoms with Gasteiger partial charge in [0.25, 0.3) is 0 Å². The SMILES string of the molecule is CN=C(NCC(C)SC)N1CC2OCCN(Cc3ccccc3)C2C1. The van der Waals surface area contributed by atoms with Crippen molar-refractivity contribution in [3.63, 3.8) is 0 Å². The van der Waals surface area contributed by atoms with Crippen molar-refractivity contribution in [3.8, 4) is 0 Å². The lowest BCUT2D eigenvalue weighted by Crippen LogP contribution is -2.50. The van der Waals surface area contributed by atoms with Crippen molar-refractivity contribution in [3.05, 3.63) is 35.9 Å². The summed E-state index contributed by atoms with van der Waals surface area (Å²) in [5.74, 6) is 0.999. The number of hydrogen-bond donors (Lipinski definition) is 1. The van der Waals surface area contributed by atoms with E-state index in [4.69, 9.17) is 4.74 Å². The zero-order chi connectivity index (χ0) is 17.6. The molecule has 2 heterocycles. The van der Waals surface area contributed by atoms with Crippen LogP contribution in [-0.2, 0) is 11.3 Å². The third-order valence-electron chi connectivity index (χ3n) is 5.11. The van der Waals surface area contributed by atoms with E-state index in [1.54, 1.807) is 0 Å². The van der Waals surface area contributed by atoms with Gasteiger partial charge in [0.1, 0.15) is 0 Å². The minimum Gasteiger partial charge on any atom is -0.373 e. The topological polar surface area (TPSA) is 40.1 Å². The molecule has 1 aromatic rings. The molecule has 2 aliphatic rings. The fraction of sp³-hybridized carbons (Fsp3) is 0.632. The van der Waals surface area contributed by atoms with Crippen molar-refractivity contribution in [1.82, 2.24) is 15.1 Å². The molecule has 3 rings (SSSR count). The summed E-state index contributed by atoms with van der Waals surface area (Å²) in [4.78, 5) is 9.41. The van der Waals surface area contributed by atoms with Crippen LogP contribution < -0.4 is 5.32 Å². The summed E-state index contributed by atoms with van der Waals surface area (Å²) in [6.45, 7) is 7.88. The number of likely N-dealkylation sites (tertiary alicyclic amines) is 1. The summed E-state index contributed by atoms with van der Waals surface area (Å²) in [6.07, 6.45) is 2.42. The molecule has 138 valence electrons. The Morgan fingerprint density at radius 1 is 1.36 bits per heavy atom. The Morgan fingerprint density at radius 2 is 2.16 bits per heavy atom. The molecular weight excluding hydrogens is 332 g/mol. The predicted molar refractivity (Wildman–Crippen MR) is 106 cm³/mol. The highest BCUT2D eigenvalue weighted by molar-refractivity contribution is 7.99. The molecular formula is C19H30N4OS. The number of benzene rings is 1. The summed E-state index contributed by atoms with van der Waals surface area (Å²) < 4.78 is 6.07. The quantitative estimate of drug-likeness (QED) is 0.640. The van der Waals surface area contributed by atoms with E-state index < -0.39 is 0 Å². The van der Waals surface area contributed by atoms with Crippen LogP contribution in [0.1, 0.15) is 12.5 Å². The second kappa shape index (κ2) is 8.92. The van der Waals surface area contributed by atoms with Crippen LogP contribution in [0.15, 0.2) is 35.3 Å². The van der Waals surface area contributed by atoms with Gasteiger partial charge in [-0.2, -0.15) is 11.8 Å². The highest BCUT2D eigenvalue weighted by Crippen LogP contribution is 2.24. The Labute approximate surface area is 155 Å². The lowest BCUT2D eigenvalue weighted by Gasteiger charge is -2.36. The van der Waals surface area contributed by atoms with Crippen molar-refractivity contribution >= 4 is 17.7 Å². The monoisotopic (exact) mass is 362 g/mol. The van der Waals surface area contributed by atoms with E-state index in [1.807, 2.05) is 18.8 Å². The first-order valence-electron chi connectivity index (χ1n) is 9.09. The van der Waals surface area contributed by atoms with E-state index in [9.17, 15) is 0 Å². The van der Waals surface area contributed by atoms with E-state index >= 15 is 0 Å². The average Bonchev–Trinajstić information content (AvgIpc) is 3.08. The first-order valence-corrected chi connectivity index (χ1v) is 10.4. The molecule has 2 aliphatic heterocycles. The zero-order valence-electron chi connectivity index (χ0n) is 15.5. The van der Waals surface area contributed by atoms with Crippen LogP contribution in [0.25, 0.3) is 0 Å². The van der Waals surface area contributed by atoms with E-state index in [1.165, 1.54) is 5.56 Å². The summed E-state index contributed by atoms with van der Waals surface area (Å²) in [5.41, 5.74) is 1.37. The molecule has 25 heavy (non-hydrogen) atoms. The van der Waals surface area contributed by atoms with Crippen LogP contribution >= 0.6 is 11.8 Å². The molecule has 1 N–H and O–H groups in total. The number of nitrogens with zero attached hydrogens (tertiary/aromatic N) is 3. The lowest BCUT2D eigenvalue weighted by atomic mass is 10.1. The third kappa shape index (κ3) is 4.68. The lowest BCUT2D eigenvalue weighted by molar-refractivity contribution is -0.0502. The molecule has 0 bridgehead atoms. The van der Waals surface area contributed by atoms with Gasteiger partial charge in [-0.3, -0.25) is 9.89 Å². The molecule has 1 aromatic carbocycles. The van der Waals surface area contributed by atoms with E-state index in [2.05, 4.69) is 63.6 Å². The average molecular weight is 363 g/mol. The molecule has 0 saturated carbocycles. The highest BCUT2D eigenvalue weighted by atomic mass is 32.2. The van der Waals surface area contributed by atoms with Gasteiger partial charge in [-0.05, 0) is 11.8 Å². The first kappa shape index (κ1) is 18.5. The van der Waals surface area contributed by atoms with E-state index in [-0.39, 0.29) is 6.10 Å². The smallest absolute Gasteiger partial charge is 0.193 e. The Kier molecular flexibility index (Phi) is 6.62. The number of thioether (sulfide) groups is 1. The second-order valence-corrected chi connectivity index (χ2v) is 8.09. The zero-order valence-corrected chi connectivity index (χ0v) is 16.3. The van der Waals surface area contributed by atoms with Crippen LogP contribution in [-0.4, -0.2) is 79.2 Å². The van der Waals surface area contributed by atoms with Gasteiger partial charge in [0.05, 0.1) is 18.8 Å². The maximum Gasteiger partial charge on any atom is 0.193 e. The number of hydrogen-bond acceptors (Lipinski definition) is 4. The maximum absolute atomic E-state index is 6.07. The standard InChI is InChI=1S/C19H30N4OS/c1-15(25-3)11-21-19(20-2)23-13-17-18(14-23)24-10-9-22(17)12-16-7-5-4-6-8-16/h4-8,15,17-18H,9-14H2,1-3H3,(H,20,21). The second-order valence-electron chi connectivity index (χ2n) is 6.81. The van der Waals surface area contributed by atoms with Gasteiger partial charge >= 0.3 is 0 Å². The van der Waals surface area contributed by atoms with Gasteiger partial charge in [0.2, 0.25) is 0 Å². The predicted octanol–water partition coefficient (Wildman–Crippen LogP) is 1.90. The highest BCUT2D eigenvalue weighted by Gasteiger charge is 2.41. The van der Waals surface area contributed by atoms with Crippen molar-refractivity contribution in [2.24, 2.45) is 4.99 Å². The maximum atomic E-state index is 6.07. The Bertz CT molecular complexity index is 568. The van der Waals surface area contributed by atoms with E-state index in [0.29, 0.717) is 11.3 Å². The van der Waals surface area contributed by atoms with E-state index in [0.717, 1.165) is 45.3 Å². The number of fused-ring (bicyclic) bond motifs is 1. The number of nitrogens with one attached hydrogen (secondary N) is 1. The van der Waals surface area contributed by atoms with Crippen LogP contribution in [0.3, 0.4) is 0 Å². The molecule has 0 radical (unpaired) electrons. The normalized spacial score (nSPS) is 25.7. The summed E-state index contributed by atoms with van der Waals surface area (Å²) in [6, 6.07) is 11.2. The van der Waals surface area contributed by atoms with Gasteiger partial charge in [-0.25, -0.2) is 0 Å². The molecule has 0 spiro atoms. The van der Waals surface area contributed by atoms with Gasteiger partial charge in [-0.15, -0.1) is 0 Å². The fourth-order valence-electron chi connectivity index (χ4n) is 3.60. The number of morpholine rings is 1. The van der Waals surface area contributed by atoms with Gasteiger partial charge in [0.15, 0.2) is 5.96 Å². The summed E-state index contributed by atoms with van der Waals surface area (Å²) in [7, 11) is 1.87. The fourth-order valence-corrected chi connectivity index (χ4v) is 3.85. The van der Waals surface area contributed by atoms with Crippen molar-refractivity contribution < 1.29 is 4.74 Å². The van der Waals surface area contributed by atoms with Crippen LogP contribution in [0.5, 0.6) is 0 Å².